The number of rotatable bonds is 5. The van der Waals surface area contributed by atoms with Gasteiger partial charge in [0.1, 0.15) is 12.2 Å². The molecule has 0 aromatic heterocycles. The molecule has 2 aliphatic heterocycles. The zero-order valence-electron chi connectivity index (χ0n) is 17.3. The summed E-state index contributed by atoms with van der Waals surface area (Å²) in [6, 6.07) is 4.02. The van der Waals surface area contributed by atoms with E-state index >= 15 is 0 Å². The first-order valence-electron chi connectivity index (χ1n) is 10.7. The second kappa shape index (κ2) is 8.55. The third-order valence-corrected chi connectivity index (χ3v) is 6.51. The predicted molar refractivity (Wildman–Crippen MR) is 106 cm³/mol. The van der Waals surface area contributed by atoms with Crippen molar-refractivity contribution >= 4 is 23.6 Å². The van der Waals surface area contributed by atoms with Crippen LogP contribution in [0.4, 0.5) is 13.2 Å². The summed E-state index contributed by atoms with van der Waals surface area (Å²) in [6.07, 6.45) is -0.676. The molecule has 2 fully saturated rings. The normalized spacial score (nSPS) is 26.0. The summed E-state index contributed by atoms with van der Waals surface area (Å²) in [7, 11) is 0. The number of nitrogens with one attached hydrogen (secondary N) is 2. The number of fused-ring (bicyclic) bond motifs is 1. The van der Waals surface area contributed by atoms with Crippen LogP contribution in [-0.2, 0) is 27.5 Å². The van der Waals surface area contributed by atoms with Gasteiger partial charge in [-0.2, -0.15) is 8.78 Å². The van der Waals surface area contributed by atoms with E-state index in [1.165, 1.54) is 4.90 Å². The summed E-state index contributed by atoms with van der Waals surface area (Å²) in [5, 5.41) is 4.48. The van der Waals surface area contributed by atoms with Crippen molar-refractivity contribution in [3.8, 4) is 0 Å². The van der Waals surface area contributed by atoms with Crippen LogP contribution in [-0.4, -0.2) is 46.7 Å². The summed E-state index contributed by atoms with van der Waals surface area (Å²) >= 11 is 0. The van der Waals surface area contributed by atoms with Crippen LogP contribution in [0.3, 0.4) is 0 Å². The Labute approximate surface area is 182 Å². The van der Waals surface area contributed by atoms with E-state index in [2.05, 4.69) is 10.6 Å². The van der Waals surface area contributed by atoms with E-state index in [0.717, 1.165) is 0 Å². The van der Waals surface area contributed by atoms with Crippen LogP contribution in [0.15, 0.2) is 18.2 Å². The molecule has 0 spiro atoms. The van der Waals surface area contributed by atoms with Crippen LogP contribution < -0.4 is 10.6 Å². The van der Waals surface area contributed by atoms with E-state index in [-0.39, 0.29) is 63.4 Å². The Morgan fingerprint density at radius 3 is 2.53 bits per heavy atom. The molecule has 1 saturated heterocycles. The van der Waals surface area contributed by atoms with Crippen molar-refractivity contribution in [1.82, 2.24) is 15.5 Å². The fourth-order valence-electron chi connectivity index (χ4n) is 4.64. The number of carbonyl (C=O) groups excluding carboxylic acids is 4. The van der Waals surface area contributed by atoms with Crippen LogP contribution in [0.5, 0.6) is 0 Å². The van der Waals surface area contributed by atoms with Gasteiger partial charge in [0, 0.05) is 31.0 Å². The standard InChI is InChI=1S/C22H24F3N3O4/c23-15-4-2-14(3-5-15)22(24,25)21(32)26-10-12-1-6-16-13(9-12)11-28(20(16)31)17-7-8-18(29)27-19(17)30/h1,6,9,14-15,17H,2-5,7-8,10-11H2,(H,26,32)(H,27,29,30). The molecule has 7 nitrogen and oxygen atoms in total. The maximum atomic E-state index is 14.5. The zero-order valence-corrected chi connectivity index (χ0v) is 17.3. The number of nitrogens with zero attached hydrogens (tertiary/aromatic N) is 1. The van der Waals surface area contributed by atoms with Crippen molar-refractivity contribution in [2.24, 2.45) is 5.92 Å². The lowest BCUT2D eigenvalue weighted by Gasteiger charge is -2.30. The number of hydrogen-bond acceptors (Lipinski definition) is 4. The number of hydrogen-bond donors (Lipinski definition) is 2. The van der Waals surface area contributed by atoms with Crippen molar-refractivity contribution in [2.75, 3.05) is 0 Å². The Morgan fingerprint density at radius 1 is 1.12 bits per heavy atom. The van der Waals surface area contributed by atoms with Gasteiger partial charge in [-0.1, -0.05) is 12.1 Å². The molecule has 1 saturated carbocycles. The van der Waals surface area contributed by atoms with Crippen molar-refractivity contribution in [1.29, 1.82) is 0 Å². The Balaban J connectivity index is 1.38. The fourth-order valence-corrected chi connectivity index (χ4v) is 4.64. The summed E-state index contributed by atoms with van der Waals surface area (Å²) in [6.45, 7) is 0.0115. The Hall–Kier alpha value is -2.91. The average molecular weight is 451 g/mol. The van der Waals surface area contributed by atoms with Crippen LogP contribution in [0, 0.1) is 5.92 Å². The molecule has 1 unspecified atom stereocenters. The molecule has 2 heterocycles. The third kappa shape index (κ3) is 4.22. The second-order valence-electron chi connectivity index (χ2n) is 8.65. The smallest absolute Gasteiger partial charge is 0.327 e. The van der Waals surface area contributed by atoms with E-state index in [1.54, 1.807) is 18.2 Å². The topological polar surface area (TPSA) is 95.6 Å². The maximum Gasteiger partial charge on any atom is 0.327 e. The third-order valence-electron chi connectivity index (χ3n) is 6.51. The second-order valence-corrected chi connectivity index (χ2v) is 8.65. The molecule has 3 aliphatic rings. The van der Waals surface area contributed by atoms with Crippen LogP contribution in [0.1, 0.15) is 60.0 Å². The van der Waals surface area contributed by atoms with Gasteiger partial charge in [0.15, 0.2) is 0 Å². The van der Waals surface area contributed by atoms with E-state index in [9.17, 15) is 32.3 Å². The van der Waals surface area contributed by atoms with Gasteiger partial charge in [-0.05, 0) is 49.3 Å². The van der Waals surface area contributed by atoms with Gasteiger partial charge >= 0.3 is 5.92 Å². The first-order valence-corrected chi connectivity index (χ1v) is 10.7. The minimum absolute atomic E-state index is 0.0290. The average Bonchev–Trinajstić information content (AvgIpc) is 3.08. The van der Waals surface area contributed by atoms with Gasteiger partial charge < -0.3 is 10.2 Å². The van der Waals surface area contributed by atoms with Crippen LogP contribution in [0.25, 0.3) is 0 Å². The summed E-state index contributed by atoms with van der Waals surface area (Å²) in [5.41, 5.74) is 1.57. The number of amides is 4. The maximum absolute atomic E-state index is 14.5. The lowest BCUT2D eigenvalue weighted by atomic mass is 9.83. The van der Waals surface area contributed by atoms with E-state index < -0.39 is 35.9 Å². The van der Waals surface area contributed by atoms with E-state index in [1.807, 2.05) is 0 Å². The lowest BCUT2D eigenvalue weighted by Crippen LogP contribution is -2.52. The largest absolute Gasteiger partial charge is 0.347 e. The number of carbonyl (C=O) groups is 4. The van der Waals surface area contributed by atoms with Crippen LogP contribution in [0.2, 0.25) is 0 Å². The minimum atomic E-state index is -3.57. The first kappa shape index (κ1) is 22.3. The summed E-state index contributed by atoms with van der Waals surface area (Å²) in [4.78, 5) is 49.7. The van der Waals surface area contributed by atoms with Crippen molar-refractivity contribution in [3.63, 3.8) is 0 Å². The molecule has 4 amide bonds. The van der Waals surface area contributed by atoms with Gasteiger partial charge in [0.2, 0.25) is 11.8 Å². The fraction of sp³-hybridized carbons (Fsp3) is 0.545. The van der Waals surface area contributed by atoms with Gasteiger partial charge in [-0.15, -0.1) is 0 Å². The Kier molecular flexibility index (Phi) is 5.96. The van der Waals surface area contributed by atoms with Crippen molar-refractivity contribution in [3.05, 3.63) is 34.9 Å². The molecule has 1 aromatic carbocycles. The SMILES string of the molecule is O=C1CCC(N2Cc3cc(CNC(=O)C(F)(F)C4CCC(F)CC4)ccc3C2=O)C(=O)N1. The molecule has 1 atom stereocenters. The minimum Gasteiger partial charge on any atom is -0.347 e. The summed E-state index contributed by atoms with van der Waals surface area (Å²) < 4.78 is 42.2. The molecular weight excluding hydrogens is 427 g/mol. The number of alkyl halides is 3. The molecule has 2 N–H and O–H groups in total. The molecule has 32 heavy (non-hydrogen) atoms. The monoisotopic (exact) mass is 451 g/mol. The zero-order chi connectivity index (χ0) is 23.0. The number of piperidine rings is 1. The highest BCUT2D eigenvalue weighted by atomic mass is 19.3. The van der Waals surface area contributed by atoms with Gasteiger partial charge in [0.25, 0.3) is 11.8 Å². The number of halogens is 3. The highest BCUT2D eigenvalue weighted by molar-refractivity contribution is 6.05. The van der Waals surface area contributed by atoms with E-state index in [4.69, 9.17) is 0 Å². The highest BCUT2D eigenvalue weighted by Crippen LogP contribution is 2.37. The molecular formula is C22H24F3N3O4. The van der Waals surface area contributed by atoms with Crippen molar-refractivity contribution < 1.29 is 32.3 Å². The Bertz CT molecular complexity index is 960. The van der Waals surface area contributed by atoms with Gasteiger partial charge in [-0.3, -0.25) is 24.5 Å². The Morgan fingerprint density at radius 2 is 1.84 bits per heavy atom. The lowest BCUT2D eigenvalue weighted by molar-refractivity contribution is -0.157. The van der Waals surface area contributed by atoms with Gasteiger partial charge in [0.05, 0.1) is 0 Å². The molecule has 1 aromatic rings. The number of imide groups is 1. The first-order chi connectivity index (χ1) is 15.2. The van der Waals surface area contributed by atoms with Crippen molar-refractivity contribution in [2.45, 2.75) is 69.8 Å². The molecule has 172 valence electrons. The highest BCUT2D eigenvalue weighted by Gasteiger charge is 2.48. The van der Waals surface area contributed by atoms with E-state index in [0.29, 0.717) is 16.7 Å². The molecule has 1 aliphatic carbocycles. The summed E-state index contributed by atoms with van der Waals surface area (Å²) in [5.74, 6) is -7.35. The predicted octanol–water partition coefficient (Wildman–Crippen LogP) is 2.23. The molecule has 0 radical (unpaired) electrons. The van der Waals surface area contributed by atoms with Crippen LogP contribution >= 0.6 is 0 Å². The quantitative estimate of drug-likeness (QED) is 0.672. The number of benzene rings is 1. The molecule has 0 bridgehead atoms. The van der Waals surface area contributed by atoms with Gasteiger partial charge in [-0.25, -0.2) is 4.39 Å². The molecule has 4 rings (SSSR count). The molecule has 10 heteroatoms.